The number of allylic oxidation sites excluding steroid dienone is 1. The predicted molar refractivity (Wildman–Crippen MR) is 104 cm³/mol. The molecule has 150 valence electrons. The molecule has 26 heavy (non-hydrogen) atoms. The number of likely N-dealkylation sites (tertiary alicyclic amines) is 1. The maximum Gasteiger partial charge on any atom is 0.325 e. The summed E-state index contributed by atoms with van der Waals surface area (Å²) in [6.07, 6.45) is 14.3. The lowest BCUT2D eigenvalue weighted by Gasteiger charge is -2.33. The average molecular weight is 387 g/mol. The molecule has 1 rings (SSSR count). The minimum Gasteiger partial charge on any atom is -0.389 e. The van der Waals surface area contributed by atoms with E-state index in [1.807, 2.05) is 29.2 Å². The van der Waals surface area contributed by atoms with Crippen LogP contribution in [0.3, 0.4) is 0 Å². The fraction of sp³-hybridized carbons (Fsp3) is 0.737. The number of carbonyl (C=O) groups excluding carboxylic acids is 1. The second-order valence-corrected chi connectivity index (χ2v) is 8.73. The Morgan fingerprint density at radius 2 is 2.04 bits per heavy atom. The molecule has 7 heteroatoms. The number of hydrogen-bond donors (Lipinski definition) is 3. The molecule has 1 heterocycles. The summed E-state index contributed by atoms with van der Waals surface area (Å²) in [7, 11) is -3.92. The standard InChI is InChI=1S/C19H34NO5P/c1-2-3-6-11-18(21)14-13-17-10-9-12-19(22)20(17)15-7-4-5-8-16-26(23,24)25/h4,7,13-14,17-18,21H,2-3,5-6,8-12,15-16H2,1H3,(H2,23,24,25)/t17-,18?/m1/s1. The van der Waals surface area contributed by atoms with Crippen LogP contribution in [0.2, 0.25) is 0 Å². The van der Waals surface area contributed by atoms with Crippen molar-refractivity contribution in [2.75, 3.05) is 12.7 Å². The van der Waals surface area contributed by atoms with Crippen LogP contribution in [0.1, 0.15) is 64.7 Å². The Morgan fingerprint density at radius 3 is 2.73 bits per heavy atom. The molecule has 0 radical (unpaired) electrons. The predicted octanol–water partition coefficient (Wildman–Crippen LogP) is 3.38. The fourth-order valence-corrected chi connectivity index (χ4v) is 3.66. The molecule has 0 saturated carbocycles. The van der Waals surface area contributed by atoms with Crippen LogP contribution < -0.4 is 0 Å². The van der Waals surface area contributed by atoms with Crippen LogP contribution in [0.5, 0.6) is 0 Å². The van der Waals surface area contributed by atoms with Crippen molar-refractivity contribution in [1.82, 2.24) is 4.90 Å². The molecule has 0 aromatic carbocycles. The largest absolute Gasteiger partial charge is 0.389 e. The van der Waals surface area contributed by atoms with Crippen molar-refractivity contribution in [3.8, 4) is 0 Å². The number of amides is 1. The molecule has 1 unspecified atom stereocenters. The third-order valence-electron chi connectivity index (χ3n) is 4.56. The Balaban J connectivity index is 2.46. The van der Waals surface area contributed by atoms with Gasteiger partial charge < -0.3 is 19.8 Å². The van der Waals surface area contributed by atoms with Crippen molar-refractivity contribution in [2.24, 2.45) is 0 Å². The van der Waals surface area contributed by atoms with E-state index in [0.717, 1.165) is 38.5 Å². The van der Waals surface area contributed by atoms with Gasteiger partial charge in [-0.25, -0.2) is 0 Å². The van der Waals surface area contributed by atoms with Crippen LogP contribution in [0.15, 0.2) is 24.3 Å². The molecule has 1 fully saturated rings. The molecule has 0 aromatic rings. The van der Waals surface area contributed by atoms with Gasteiger partial charge >= 0.3 is 7.60 Å². The fourth-order valence-electron chi connectivity index (χ4n) is 3.06. The normalized spacial score (nSPS) is 20.4. The monoisotopic (exact) mass is 387 g/mol. The van der Waals surface area contributed by atoms with E-state index in [9.17, 15) is 14.5 Å². The Kier molecular flexibility index (Phi) is 11.1. The summed E-state index contributed by atoms with van der Waals surface area (Å²) >= 11 is 0. The van der Waals surface area contributed by atoms with Crippen molar-refractivity contribution >= 4 is 13.5 Å². The first-order valence-corrected chi connectivity index (χ1v) is 11.5. The first kappa shape index (κ1) is 23.1. The molecule has 1 amide bonds. The Bertz CT molecular complexity index is 514. The van der Waals surface area contributed by atoms with Gasteiger partial charge in [-0.2, -0.15) is 0 Å². The summed E-state index contributed by atoms with van der Waals surface area (Å²) in [4.78, 5) is 31.7. The number of nitrogens with zero attached hydrogens (tertiary/aromatic N) is 1. The minimum atomic E-state index is -3.92. The Morgan fingerprint density at radius 1 is 1.27 bits per heavy atom. The van der Waals surface area contributed by atoms with Crippen LogP contribution in [-0.2, 0) is 9.36 Å². The molecule has 3 N–H and O–H groups in total. The van der Waals surface area contributed by atoms with Crippen molar-refractivity contribution < 1.29 is 24.3 Å². The van der Waals surface area contributed by atoms with E-state index in [2.05, 4.69) is 6.92 Å². The Hall–Kier alpha value is -0.940. The molecule has 2 atom stereocenters. The molecule has 0 bridgehead atoms. The summed E-state index contributed by atoms with van der Waals surface area (Å²) in [6.45, 7) is 2.63. The number of carbonyl (C=O) groups is 1. The van der Waals surface area contributed by atoms with Gasteiger partial charge in [0.15, 0.2) is 0 Å². The first-order valence-electron chi connectivity index (χ1n) is 9.69. The van der Waals surface area contributed by atoms with Gasteiger partial charge in [0.2, 0.25) is 5.91 Å². The molecule has 0 aromatic heterocycles. The number of hydrogen-bond acceptors (Lipinski definition) is 3. The highest BCUT2D eigenvalue weighted by molar-refractivity contribution is 7.51. The van der Waals surface area contributed by atoms with Gasteiger partial charge in [-0.3, -0.25) is 9.36 Å². The second-order valence-electron chi connectivity index (χ2n) is 6.96. The quantitative estimate of drug-likeness (QED) is 0.271. The highest BCUT2D eigenvalue weighted by Crippen LogP contribution is 2.35. The van der Waals surface area contributed by atoms with Gasteiger partial charge in [-0.15, -0.1) is 0 Å². The van der Waals surface area contributed by atoms with Crippen molar-refractivity contribution in [2.45, 2.75) is 76.9 Å². The van der Waals surface area contributed by atoms with E-state index in [-0.39, 0.29) is 18.1 Å². The minimum absolute atomic E-state index is 0.0110. The smallest absolute Gasteiger partial charge is 0.325 e. The highest BCUT2D eigenvalue weighted by atomic mass is 31.2. The van der Waals surface area contributed by atoms with E-state index in [4.69, 9.17) is 9.79 Å². The van der Waals surface area contributed by atoms with E-state index >= 15 is 0 Å². The maximum absolute atomic E-state index is 12.2. The van der Waals surface area contributed by atoms with Crippen LogP contribution in [0.25, 0.3) is 0 Å². The highest BCUT2D eigenvalue weighted by Gasteiger charge is 2.25. The van der Waals surface area contributed by atoms with Gasteiger partial charge in [-0.1, -0.05) is 50.5 Å². The molecule has 0 aliphatic carbocycles. The summed E-state index contributed by atoms with van der Waals surface area (Å²) in [6, 6.07) is 0.0110. The topological polar surface area (TPSA) is 98.1 Å². The number of piperidine rings is 1. The lowest BCUT2D eigenvalue weighted by molar-refractivity contribution is -0.134. The summed E-state index contributed by atoms with van der Waals surface area (Å²) in [5.41, 5.74) is 0. The van der Waals surface area contributed by atoms with Crippen LogP contribution in [0, 0.1) is 0 Å². The van der Waals surface area contributed by atoms with Crippen molar-refractivity contribution in [1.29, 1.82) is 0 Å². The lowest BCUT2D eigenvalue weighted by Crippen LogP contribution is -2.42. The van der Waals surface area contributed by atoms with Gasteiger partial charge in [0.25, 0.3) is 0 Å². The van der Waals surface area contributed by atoms with E-state index < -0.39 is 13.7 Å². The molecule has 1 saturated heterocycles. The SMILES string of the molecule is CCCCCC(O)C=C[C@H]1CCCC(=O)N1CC=CCCCP(=O)(O)O. The summed E-state index contributed by atoms with van der Waals surface area (Å²) < 4.78 is 10.8. The van der Waals surface area contributed by atoms with Crippen molar-refractivity contribution in [3.05, 3.63) is 24.3 Å². The molecule has 0 spiro atoms. The lowest BCUT2D eigenvalue weighted by atomic mass is 10.00. The molecule has 1 aliphatic rings. The van der Waals surface area contributed by atoms with E-state index in [1.165, 1.54) is 0 Å². The molecule has 6 nitrogen and oxygen atoms in total. The average Bonchev–Trinajstić information content (AvgIpc) is 2.57. The number of aliphatic hydroxyl groups excluding tert-OH is 1. The van der Waals surface area contributed by atoms with Crippen LogP contribution in [-0.4, -0.2) is 50.6 Å². The van der Waals surface area contributed by atoms with Crippen molar-refractivity contribution in [3.63, 3.8) is 0 Å². The molecule has 1 aliphatic heterocycles. The maximum atomic E-state index is 12.2. The van der Waals surface area contributed by atoms with Gasteiger partial charge in [0, 0.05) is 13.0 Å². The molecular formula is C19H34NO5P. The zero-order chi connectivity index (χ0) is 19.4. The first-order chi connectivity index (χ1) is 12.3. The summed E-state index contributed by atoms with van der Waals surface area (Å²) in [5, 5.41) is 10.0. The van der Waals surface area contributed by atoms with E-state index in [0.29, 0.717) is 25.8 Å². The Labute approximate surface area is 157 Å². The van der Waals surface area contributed by atoms with E-state index in [1.54, 1.807) is 0 Å². The zero-order valence-electron chi connectivity index (χ0n) is 15.8. The van der Waals surface area contributed by atoms with Gasteiger partial charge in [0.05, 0.1) is 18.3 Å². The van der Waals surface area contributed by atoms with Crippen LogP contribution in [0.4, 0.5) is 0 Å². The van der Waals surface area contributed by atoms with Gasteiger partial charge in [0.1, 0.15) is 0 Å². The molecular weight excluding hydrogens is 353 g/mol. The third-order valence-corrected chi connectivity index (χ3v) is 5.46. The number of unbranched alkanes of at least 4 members (excludes halogenated alkanes) is 3. The van der Waals surface area contributed by atoms with Gasteiger partial charge in [-0.05, 0) is 32.1 Å². The van der Waals surface area contributed by atoms with Crippen LogP contribution >= 0.6 is 7.60 Å². The number of rotatable bonds is 12. The third kappa shape index (κ3) is 10.3. The zero-order valence-corrected chi connectivity index (χ0v) is 16.7. The second kappa shape index (κ2) is 12.4. The number of aliphatic hydroxyl groups is 1. The summed E-state index contributed by atoms with van der Waals surface area (Å²) in [5.74, 6) is 0.117.